The molecule has 0 saturated heterocycles. The second-order valence-electron chi connectivity index (χ2n) is 4.28. The molecule has 0 aliphatic heterocycles. The molecule has 0 fully saturated rings. The molecule has 15 heavy (non-hydrogen) atoms. The van der Waals surface area contributed by atoms with Crippen LogP contribution in [0.3, 0.4) is 0 Å². The van der Waals surface area contributed by atoms with Crippen LogP contribution in [0.25, 0.3) is 0 Å². The van der Waals surface area contributed by atoms with E-state index in [0.717, 1.165) is 6.42 Å². The second-order valence-corrected chi connectivity index (χ2v) is 4.28. The Hall–Kier alpha value is 0.257. The number of ether oxygens (including phenoxy) is 2. The van der Waals surface area contributed by atoms with Crippen LogP contribution < -0.4 is 0 Å². The number of rotatable bonds is 8. The molecule has 0 saturated carbocycles. The molecule has 0 amide bonds. The van der Waals surface area contributed by atoms with E-state index in [0.29, 0.717) is 0 Å². The molecule has 0 bridgehead atoms. The van der Waals surface area contributed by atoms with Crippen LogP contribution in [0.1, 0.15) is 46.5 Å². The van der Waals surface area contributed by atoms with E-state index in [1.165, 1.54) is 19.3 Å². The van der Waals surface area contributed by atoms with E-state index in [1.807, 2.05) is 36.3 Å². The fraction of sp³-hybridized carbons (Fsp3) is 0.833. The number of unbranched alkanes of at least 4 members (excludes halogenated alkanes) is 2. The molecule has 0 aromatic rings. The van der Waals surface area contributed by atoms with Gasteiger partial charge in [0.2, 0.25) is 0 Å². The molecule has 0 aliphatic carbocycles. The quantitative estimate of drug-likeness (QED) is 0.345. The van der Waals surface area contributed by atoms with Gasteiger partial charge in [-0.25, -0.2) is 0 Å². The Labute approximate surface area is 104 Å². The van der Waals surface area contributed by atoms with Gasteiger partial charge >= 0.3 is 103 Å². The fourth-order valence-corrected chi connectivity index (χ4v) is 1.42. The predicted molar refractivity (Wildman–Crippen MR) is 65.0 cm³/mol. The molecule has 0 spiro atoms. The summed E-state index contributed by atoms with van der Waals surface area (Å²) in [5.74, 6) is -0.490. The van der Waals surface area contributed by atoms with Crippen LogP contribution in [0.5, 0.6) is 0 Å². The van der Waals surface area contributed by atoms with Crippen molar-refractivity contribution < 1.29 is 9.47 Å². The summed E-state index contributed by atoms with van der Waals surface area (Å²) in [4.78, 5) is 0. The summed E-state index contributed by atoms with van der Waals surface area (Å²) in [6, 6.07) is 0. The second kappa shape index (κ2) is 8.41. The van der Waals surface area contributed by atoms with Crippen molar-refractivity contribution in [3.8, 4) is 0 Å². The third-order valence-electron chi connectivity index (χ3n) is 2.43. The van der Waals surface area contributed by atoms with E-state index in [9.17, 15) is 0 Å². The third-order valence-corrected chi connectivity index (χ3v) is 2.43. The topological polar surface area (TPSA) is 18.5 Å². The summed E-state index contributed by atoms with van der Waals surface area (Å²) < 4.78 is 13.2. The summed E-state index contributed by atoms with van der Waals surface area (Å²) in [6.45, 7) is 6.11. The number of methoxy groups -OCH3 is 1. The van der Waals surface area contributed by atoms with Gasteiger partial charge in [0.1, 0.15) is 0 Å². The molecule has 0 N–H and O–H groups in total. The molecule has 1 atom stereocenters. The van der Waals surface area contributed by atoms with Gasteiger partial charge in [-0.2, -0.15) is 0 Å². The zero-order chi connectivity index (χ0) is 11.7. The van der Waals surface area contributed by atoms with Gasteiger partial charge in [0.25, 0.3) is 0 Å². The van der Waals surface area contributed by atoms with Crippen molar-refractivity contribution in [2.24, 2.45) is 0 Å². The zero-order valence-electron chi connectivity index (χ0n) is 10.9. The van der Waals surface area contributed by atoms with Crippen LogP contribution in [0.2, 0.25) is 0 Å². The average Bonchev–Trinajstić information content (AvgIpc) is 2.18. The molecule has 0 aromatic carbocycles. The first kappa shape index (κ1) is 15.3. The average molecular weight is 206 g/mol. The monoisotopic (exact) mass is 206 g/mol. The van der Waals surface area contributed by atoms with Crippen molar-refractivity contribution in [3.63, 3.8) is 0 Å². The predicted octanol–water partition coefficient (Wildman–Crippen LogP) is 3.02. The van der Waals surface area contributed by atoms with Gasteiger partial charge in [-0.15, -0.1) is 0 Å². The Morgan fingerprint density at radius 1 is 1.33 bits per heavy atom. The van der Waals surface area contributed by atoms with Crippen molar-refractivity contribution in [1.82, 2.24) is 0 Å². The first-order valence-corrected chi connectivity index (χ1v) is 5.91. The third kappa shape index (κ3) is 8.10. The van der Waals surface area contributed by atoms with Crippen molar-refractivity contribution in [2.45, 2.75) is 58.3 Å². The van der Waals surface area contributed by atoms with Gasteiger partial charge in [-0.1, -0.05) is 0 Å². The Kier molecular flexibility index (Phi) is 8.56. The van der Waals surface area contributed by atoms with Crippen LogP contribution >= 0.6 is 0 Å². The molecule has 1 unspecified atom stereocenters. The first-order chi connectivity index (χ1) is 7.05. The summed E-state index contributed by atoms with van der Waals surface area (Å²) in [7, 11) is 1.68. The summed E-state index contributed by atoms with van der Waals surface area (Å²) >= 11 is 2.02. The normalized spacial score (nSPS) is 14.8. The Morgan fingerprint density at radius 3 is 2.47 bits per heavy atom. The fourth-order valence-electron chi connectivity index (χ4n) is 1.42. The van der Waals surface area contributed by atoms with Crippen LogP contribution in [0.4, 0.5) is 0 Å². The van der Waals surface area contributed by atoms with E-state index >= 15 is 0 Å². The Bertz CT molecular complexity index is 178. The van der Waals surface area contributed by atoms with Gasteiger partial charge in [0.05, 0.1) is 0 Å². The van der Waals surface area contributed by atoms with Gasteiger partial charge in [0.15, 0.2) is 0 Å². The minimum atomic E-state index is -0.490. The van der Waals surface area contributed by atoms with Crippen LogP contribution in [0, 0.1) is 0 Å². The molecule has 0 radical (unpaired) electrons. The molecule has 84 valence electrons. The van der Waals surface area contributed by atoms with Gasteiger partial charge in [0, 0.05) is 0 Å². The molecule has 3 heteroatoms. The van der Waals surface area contributed by atoms with E-state index < -0.39 is 5.79 Å². The summed E-state index contributed by atoms with van der Waals surface area (Å²) in [5.41, 5.74) is 0. The van der Waals surface area contributed by atoms with Crippen molar-refractivity contribution in [1.29, 1.82) is 0 Å². The van der Waals surface area contributed by atoms with Crippen molar-refractivity contribution in [2.75, 3.05) is 7.11 Å². The molecule has 2 nitrogen and oxygen atoms in total. The minimum absolute atomic E-state index is 0.177. The van der Waals surface area contributed by atoms with E-state index in [1.54, 1.807) is 7.11 Å². The first-order valence-electron chi connectivity index (χ1n) is 5.91. The van der Waals surface area contributed by atoms with E-state index in [-0.39, 0.29) is 6.10 Å². The molecule has 0 rings (SSSR count). The van der Waals surface area contributed by atoms with Crippen LogP contribution in [0.15, 0.2) is 10.8 Å². The van der Waals surface area contributed by atoms with E-state index in [2.05, 4.69) is 13.0 Å². The molecule has 0 aliphatic rings. The Balaban J connectivity index is 4.03. The molecular weight excluding hydrogens is 183 g/mol. The number of hydrogen-bond acceptors (Lipinski definition) is 2. The van der Waals surface area contributed by atoms with Gasteiger partial charge in [-0.3, -0.25) is 0 Å². The van der Waals surface area contributed by atoms with E-state index in [4.69, 9.17) is 9.47 Å². The molecule has 0 aromatic heterocycles. The van der Waals surface area contributed by atoms with Crippen LogP contribution in [-0.2, 0) is 9.47 Å². The summed E-state index contributed by atoms with van der Waals surface area (Å²) in [5, 5.41) is 0. The van der Waals surface area contributed by atoms with Gasteiger partial charge < -0.3 is 0 Å². The summed E-state index contributed by atoms with van der Waals surface area (Å²) in [6.07, 6.45) is 7.09. The molecule has 0 heterocycles. The maximum absolute atomic E-state index is 5.87. The van der Waals surface area contributed by atoms with Crippen molar-refractivity contribution in [3.05, 3.63) is 10.8 Å². The zero-order valence-corrected chi connectivity index (χ0v) is 10.9. The Morgan fingerprint density at radius 2 is 2.00 bits per heavy atom. The maximum atomic E-state index is 5.87. The molecular formula is C12H23LiO2. The van der Waals surface area contributed by atoms with Gasteiger partial charge in [-0.05, 0) is 0 Å². The standard InChI is InChI=1S/C12H23O2.Li/c1-6-8-9-10-11(7-2)14-12(3,4)13-5;/h2,7,11H,6,8-10H2,1,3-5H3;. The van der Waals surface area contributed by atoms with Crippen LogP contribution in [-0.4, -0.2) is 36.7 Å². The number of hydrogen-bond donors (Lipinski definition) is 0. The van der Waals surface area contributed by atoms with Crippen molar-refractivity contribution >= 4 is 17.7 Å². The SMILES string of the molecule is [Li][CH]=CC(CCCCC)OC(C)(C)OC.